The van der Waals surface area contributed by atoms with Crippen LogP contribution in [0.5, 0.6) is 0 Å². The highest BCUT2D eigenvalue weighted by atomic mass is 16.2. The summed E-state index contributed by atoms with van der Waals surface area (Å²) in [6, 6.07) is 4.83. The molecule has 27 heavy (non-hydrogen) atoms. The number of Topliss-reactive ketones (excluding diaryl/α,β-unsaturated/α-hetero) is 1. The second kappa shape index (κ2) is 6.68. The summed E-state index contributed by atoms with van der Waals surface area (Å²) in [5.74, 6) is -0.106. The molecule has 1 aromatic rings. The maximum absolute atomic E-state index is 12.8. The zero-order valence-electron chi connectivity index (χ0n) is 15.1. The fourth-order valence-electron chi connectivity index (χ4n) is 4.27. The van der Waals surface area contributed by atoms with Crippen LogP contribution in [0.25, 0.3) is 0 Å². The highest BCUT2D eigenvalue weighted by Crippen LogP contribution is 2.32. The third-order valence-electron chi connectivity index (χ3n) is 5.62. The Morgan fingerprint density at radius 2 is 1.74 bits per heavy atom. The van der Waals surface area contributed by atoms with Crippen LogP contribution >= 0.6 is 0 Å². The number of hydrogen-bond acceptors (Lipinski definition) is 4. The normalized spacial score (nSPS) is 26.6. The molecule has 0 aromatic heterocycles. The summed E-state index contributed by atoms with van der Waals surface area (Å²) >= 11 is 0. The third kappa shape index (κ3) is 3.05. The third-order valence-corrected chi connectivity index (χ3v) is 5.62. The van der Waals surface area contributed by atoms with Crippen molar-refractivity contribution < 1.29 is 19.2 Å². The molecule has 1 aromatic carbocycles. The van der Waals surface area contributed by atoms with E-state index in [1.165, 1.54) is 6.92 Å². The molecule has 0 saturated carbocycles. The minimum absolute atomic E-state index is 0.00151. The van der Waals surface area contributed by atoms with Gasteiger partial charge in [0.05, 0.1) is 6.04 Å². The molecule has 0 aliphatic carbocycles. The van der Waals surface area contributed by atoms with E-state index in [1.807, 2.05) is 0 Å². The molecule has 3 saturated heterocycles. The molecule has 3 aliphatic heterocycles. The quantitative estimate of drug-likeness (QED) is 0.775. The SMILES string of the molecule is CC(=O)c1ccc(NC(=O)NC2CCN3C(=O)C4CCCN4C(=O)C23)cc1. The zero-order valence-corrected chi connectivity index (χ0v) is 15.1. The number of urea groups is 1. The first-order valence-electron chi connectivity index (χ1n) is 9.25. The van der Waals surface area contributed by atoms with E-state index in [-0.39, 0.29) is 23.6 Å². The molecular formula is C19H22N4O4. The molecule has 8 heteroatoms. The molecule has 3 fully saturated rings. The van der Waals surface area contributed by atoms with Gasteiger partial charge in [0, 0.05) is 24.3 Å². The van der Waals surface area contributed by atoms with Crippen molar-refractivity contribution >= 4 is 29.3 Å². The van der Waals surface area contributed by atoms with Gasteiger partial charge in [-0.15, -0.1) is 0 Å². The van der Waals surface area contributed by atoms with E-state index < -0.39 is 18.1 Å². The number of carbonyl (C=O) groups is 4. The van der Waals surface area contributed by atoms with Crippen molar-refractivity contribution in [1.29, 1.82) is 0 Å². The van der Waals surface area contributed by atoms with E-state index in [4.69, 9.17) is 0 Å². The summed E-state index contributed by atoms with van der Waals surface area (Å²) in [4.78, 5) is 52.4. The van der Waals surface area contributed by atoms with Crippen LogP contribution in [-0.2, 0) is 9.59 Å². The molecule has 3 unspecified atom stereocenters. The Morgan fingerprint density at radius 1 is 1.00 bits per heavy atom. The first-order valence-corrected chi connectivity index (χ1v) is 9.25. The van der Waals surface area contributed by atoms with Gasteiger partial charge < -0.3 is 20.4 Å². The second-order valence-electron chi connectivity index (χ2n) is 7.29. The number of fused-ring (bicyclic) bond motifs is 2. The van der Waals surface area contributed by atoms with Crippen LogP contribution in [-0.4, -0.2) is 64.6 Å². The summed E-state index contributed by atoms with van der Waals surface area (Å²) in [5.41, 5.74) is 1.12. The van der Waals surface area contributed by atoms with Gasteiger partial charge in [0.2, 0.25) is 11.8 Å². The van der Waals surface area contributed by atoms with Crippen LogP contribution in [0.4, 0.5) is 10.5 Å². The molecule has 8 nitrogen and oxygen atoms in total. The van der Waals surface area contributed by atoms with Gasteiger partial charge >= 0.3 is 6.03 Å². The lowest BCUT2D eigenvalue weighted by Crippen LogP contribution is -2.64. The van der Waals surface area contributed by atoms with Gasteiger partial charge in [-0.25, -0.2) is 4.79 Å². The molecule has 0 radical (unpaired) electrons. The van der Waals surface area contributed by atoms with Crippen LogP contribution in [0, 0.1) is 0 Å². The Hall–Kier alpha value is -2.90. The largest absolute Gasteiger partial charge is 0.332 e. The molecule has 4 rings (SSSR count). The number of nitrogens with one attached hydrogen (secondary N) is 2. The van der Waals surface area contributed by atoms with E-state index in [0.717, 1.165) is 12.8 Å². The second-order valence-corrected chi connectivity index (χ2v) is 7.29. The highest BCUT2D eigenvalue weighted by molar-refractivity contribution is 5.99. The van der Waals surface area contributed by atoms with Crippen molar-refractivity contribution in [2.75, 3.05) is 18.4 Å². The lowest BCUT2D eigenvalue weighted by atomic mass is 10.0. The molecule has 2 N–H and O–H groups in total. The maximum Gasteiger partial charge on any atom is 0.319 e. The summed E-state index contributed by atoms with van der Waals surface area (Å²) in [6.45, 7) is 2.58. The Balaban J connectivity index is 1.42. The Morgan fingerprint density at radius 3 is 2.44 bits per heavy atom. The molecule has 3 aliphatic rings. The van der Waals surface area contributed by atoms with Gasteiger partial charge in [0.1, 0.15) is 12.1 Å². The Kier molecular flexibility index (Phi) is 4.33. The molecule has 3 atom stereocenters. The molecule has 0 spiro atoms. The number of carbonyl (C=O) groups excluding carboxylic acids is 4. The number of benzene rings is 1. The lowest BCUT2D eigenvalue weighted by molar-refractivity contribution is -0.157. The predicted molar refractivity (Wildman–Crippen MR) is 97.2 cm³/mol. The number of nitrogens with zero attached hydrogens (tertiary/aromatic N) is 2. The Labute approximate surface area is 156 Å². The van der Waals surface area contributed by atoms with Crippen molar-refractivity contribution in [3.8, 4) is 0 Å². The molecule has 142 valence electrons. The maximum atomic E-state index is 12.8. The number of piperazine rings is 1. The van der Waals surface area contributed by atoms with Crippen molar-refractivity contribution in [3.05, 3.63) is 29.8 Å². The van der Waals surface area contributed by atoms with Gasteiger partial charge in [0.15, 0.2) is 5.78 Å². The predicted octanol–water partition coefficient (Wildman–Crippen LogP) is 0.985. The molecular weight excluding hydrogens is 348 g/mol. The summed E-state index contributed by atoms with van der Waals surface area (Å²) in [6.07, 6.45) is 2.12. The van der Waals surface area contributed by atoms with Gasteiger partial charge in [0.25, 0.3) is 0 Å². The van der Waals surface area contributed by atoms with Crippen LogP contribution in [0.2, 0.25) is 0 Å². The van der Waals surface area contributed by atoms with E-state index in [1.54, 1.807) is 34.1 Å². The van der Waals surface area contributed by atoms with E-state index in [2.05, 4.69) is 10.6 Å². The van der Waals surface area contributed by atoms with Crippen molar-refractivity contribution in [3.63, 3.8) is 0 Å². The zero-order chi connectivity index (χ0) is 19.1. The van der Waals surface area contributed by atoms with Gasteiger partial charge in [-0.05, 0) is 50.5 Å². The Bertz CT molecular complexity index is 806. The highest BCUT2D eigenvalue weighted by Gasteiger charge is 2.53. The van der Waals surface area contributed by atoms with E-state index in [9.17, 15) is 19.2 Å². The smallest absolute Gasteiger partial charge is 0.319 e. The fourth-order valence-corrected chi connectivity index (χ4v) is 4.27. The van der Waals surface area contributed by atoms with Gasteiger partial charge in [-0.3, -0.25) is 14.4 Å². The minimum atomic E-state index is -0.613. The molecule has 4 amide bonds. The van der Waals surface area contributed by atoms with Crippen LogP contribution in [0.1, 0.15) is 36.5 Å². The molecule has 3 heterocycles. The average Bonchev–Trinajstić information content (AvgIpc) is 3.28. The van der Waals surface area contributed by atoms with Crippen molar-refractivity contribution in [1.82, 2.24) is 15.1 Å². The summed E-state index contributed by atoms with van der Waals surface area (Å²) < 4.78 is 0. The average molecular weight is 370 g/mol. The number of anilines is 1. The fraction of sp³-hybridized carbons (Fsp3) is 0.474. The summed E-state index contributed by atoms with van der Waals surface area (Å²) in [7, 11) is 0. The topological polar surface area (TPSA) is 98.8 Å². The van der Waals surface area contributed by atoms with Crippen molar-refractivity contribution in [2.24, 2.45) is 0 Å². The minimum Gasteiger partial charge on any atom is -0.332 e. The summed E-state index contributed by atoms with van der Waals surface area (Å²) in [5, 5.41) is 5.55. The van der Waals surface area contributed by atoms with E-state index >= 15 is 0 Å². The standard InChI is InChI=1S/C19H22N4O4/c1-11(24)12-4-6-13(7-5-12)20-19(27)21-14-8-10-23-16(14)18(26)22-9-2-3-15(22)17(23)25/h4-7,14-16H,2-3,8-10H2,1H3,(H2,20,21,27). The number of ketones is 1. The van der Waals surface area contributed by atoms with Crippen LogP contribution in [0.15, 0.2) is 24.3 Å². The first kappa shape index (κ1) is 17.5. The number of amides is 4. The van der Waals surface area contributed by atoms with Gasteiger partial charge in [-0.2, -0.15) is 0 Å². The first-order chi connectivity index (χ1) is 13.0. The molecule has 0 bridgehead atoms. The van der Waals surface area contributed by atoms with Crippen LogP contribution < -0.4 is 10.6 Å². The monoisotopic (exact) mass is 370 g/mol. The van der Waals surface area contributed by atoms with Gasteiger partial charge in [-0.1, -0.05) is 0 Å². The van der Waals surface area contributed by atoms with E-state index in [0.29, 0.717) is 30.8 Å². The van der Waals surface area contributed by atoms with Crippen LogP contribution in [0.3, 0.4) is 0 Å². The van der Waals surface area contributed by atoms with Crippen molar-refractivity contribution in [2.45, 2.75) is 44.3 Å². The number of rotatable bonds is 3. The number of hydrogen-bond donors (Lipinski definition) is 2. The lowest BCUT2D eigenvalue weighted by Gasteiger charge is -2.40.